The van der Waals surface area contributed by atoms with Crippen molar-refractivity contribution in [1.29, 1.82) is 0 Å². The Bertz CT molecular complexity index is 816. The van der Waals surface area contributed by atoms with Crippen molar-refractivity contribution in [3.8, 4) is 0 Å². The van der Waals surface area contributed by atoms with Crippen LogP contribution in [0.4, 0.5) is 5.69 Å². The molecule has 4 heterocycles. The molecule has 0 aromatic heterocycles. The molecule has 2 saturated carbocycles. The van der Waals surface area contributed by atoms with Crippen molar-refractivity contribution < 1.29 is 9.38 Å². The molecule has 4 heteroatoms. The molecule has 1 aromatic carbocycles. The summed E-state index contributed by atoms with van der Waals surface area (Å²) in [5.74, 6) is 0.855. The number of quaternary nitrogens is 1. The molecular weight excluding hydrogens is 300 g/mol. The average Bonchev–Trinajstić information content (AvgIpc) is 2.89. The summed E-state index contributed by atoms with van der Waals surface area (Å²) < 4.78 is 6.09. The highest BCUT2D eigenvalue weighted by molar-refractivity contribution is 6.07. The minimum Gasteiger partial charge on any atom is -0.633 e. The van der Waals surface area contributed by atoms with Crippen LogP contribution in [0.5, 0.6) is 0 Å². The van der Waals surface area contributed by atoms with Crippen molar-refractivity contribution in [3.63, 3.8) is 0 Å². The molecule has 4 aliphatic heterocycles. The van der Waals surface area contributed by atoms with E-state index in [0.717, 1.165) is 18.5 Å². The van der Waals surface area contributed by atoms with Gasteiger partial charge >= 0.3 is 0 Å². The number of hydrogen-bond acceptors (Lipinski definition) is 3. The van der Waals surface area contributed by atoms with Crippen molar-refractivity contribution in [2.24, 2.45) is 22.2 Å². The van der Waals surface area contributed by atoms with Crippen LogP contribution in [-0.4, -0.2) is 42.7 Å². The molecule has 7 atom stereocenters. The van der Waals surface area contributed by atoms with Crippen LogP contribution in [0.3, 0.4) is 0 Å². The number of rotatable bonds is 1. The van der Waals surface area contributed by atoms with Gasteiger partial charge in [-0.05, 0) is 24.0 Å². The molecule has 1 aromatic rings. The number of nitrogens with zero attached hydrogens (tertiary/aromatic N) is 2. The molecule has 0 radical (unpaired) electrons. The highest BCUT2D eigenvalue weighted by atomic mass is 16.5. The van der Waals surface area contributed by atoms with E-state index in [2.05, 4.69) is 36.9 Å². The van der Waals surface area contributed by atoms with Gasteiger partial charge in [-0.2, -0.15) is 0 Å². The first-order valence-electron chi connectivity index (χ1n) is 9.03. The maximum absolute atomic E-state index is 13.4. The predicted molar refractivity (Wildman–Crippen MR) is 92.0 cm³/mol. The first-order valence-corrected chi connectivity index (χ1v) is 9.03. The van der Waals surface area contributed by atoms with Gasteiger partial charge in [0.05, 0.1) is 54.6 Å². The average molecular weight is 322 g/mol. The van der Waals surface area contributed by atoms with E-state index in [1.54, 1.807) is 0 Å². The molecule has 3 saturated heterocycles. The number of para-hydroxylation sites is 1. The summed E-state index contributed by atoms with van der Waals surface area (Å²) in [5, 5.41) is 13.4. The Hall–Kier alpha value is -1.49. The van der Waals surface area contributed by atoms with E-state index in [1.165, 1.54) is 11.3 Å². The normalized spacial score (nSPS) is 52.7. The fraction of sp³-hybridized carbons (Fsp3) is 0.550. The number of hydrogen-bond donors (Lipinski definition) is 0. The lowest BCUT2D eigenvalue weighted by atomic mass is 9.37. The molecule has 5 bridgehead atoms. The largest absolute Gasteiger partial charge is 0.633 e. The standard InChI is InChI=1S/C20H22N2O2/c1-3-19-11-22(2,23)16-9-20(19)13-6-4-5-7-15(13)21-18(20)17-8-14(19)12(16)10-24-17/h3-7,12,14,16-17H,1,8-11H2,2H3/t12-,14-,16-,17+,19-,20+,22-/m0/s1. The lowest BCUT2D eigenvalue weighted by molar-refractivity contribution is -0.915. The number of benzene rings is 1. The van der Waals surface area contributed by atoms with E-state index in [9.17, 15) is 5.21 Å². The van der Waals surface area contributed by atoms with Gasteiger partial charge in [-0.15, -0.1) is 6.58 Å². The van der Waals surface area contributed by atoms with Crippen LogP contribution in [0.25, 0.3) is 0 Å². The van der Waals surface area contributed by atoms with Gasteiger partial charge in [-0.25, -0.2) is 0 Å². The Labute approximate surface area is 142 Å². The molecule has 4 nitrogen and oxygen atoms in total. The molecule has 6 aliphatic rings. The zero-order valence-corrected chi connectivity index (χ0v) is 13.9. The van der Waals surface area contributed by atoms with Gasteiger partial charge in [0.2, 0.25) is 0 Å². The maximum atomic E-state index is 13.4. The van der Waals surface area contributed by atoms with Crippen LogP contribution in [0.2, 0.25) is 0 Å². The fourth-order valence-electron chi connectivity index (χ4n) is 7.17. The van der Waals surface area contributed by atoms with Crippen LogP contribution in [0.1, 0.15) is 18.4 Å². The molecule has 0 amide bonds. The van der Waals surface area contributed by atoms with Crippen LogP contribution < -0.4 is 0 Å². The van der Waals surface area contributed by atoms with E-state index < -0.39 is 0 Å². The van der Waals surface area contributed by atoms with Gasteiger partial charge in [0.15, 0.2) is 0 Å². The molecule has 2 aliphatic carbocycles. The minimum atomic E-state index is -0.186. The van der Waals surface area contributed by atoms with Gasteiger partial charge in [-0.3, -0.25) is 4.99 Å². The van der Waals surface area contributed by atoms with Gasteiger partial charge < -0.3 is 14.6 Å². The van der Waals surface area contributed by atoms with Gasteiger partial charge in [-0.1, -0.05) is 24.3 Å². The molecule has 5 fully saturated rings. The van der Waals surface area contributed by atoms with E-state index in [1.807, 2.05) is 7.05 Å². The summed E-state index contributed by atoms with van der Waals surface area (Å²) in [4.78, 5) is 5.06. The predicted octanol–water partition coefficient (Wildman–Crippen LogP) is 2.95. The molecule has 0 N–H and O–H groups in total. The van der Waals surface area contributed by atoms with Crippen molar-refractivity contribution in [3.05, 3.63) is 47.7 Å². The second kappa shape index (κ2) is 3.85. The Morgan fingerprint density at radius 1 is 1.42 bits per heavy atom. The molecule has 1 spiro atoms. The Balaban J connectivity index is 1.72. The summed E-state index contributed by atoms with van der Waals surface area (Å²) in [7, 11) is 1.86. The highest BCUT2D eigenvalue weighted by Crippen LogP contribution is 2.71. The Kier molecular flexibility index (Phi) is 2.20. The number of piperidine rings is 2. The second-order valence-electron chi connectivity index (χ2n) is 8.60. The van der Waals surface area contributed by atoms with E-state index in [4.69, 9.17) is 9.73 Å². The number of fused-ring (bicyclic) bond motifs is 4. The third-order valence-corrected chi connectivity index (χ3v) is 7.93. The van der Waals surface area contributed by atoms with Crippen molar-refractivity contribution in [1.82, 2.24) is 0 Å². The van der Waals surface area contributed by atoms with Crippen LogP contribution in [0.15, 0.2) is 41.9 Å². The summed E-state index contributed by atoms with van der Waals surface area (Å²) in [5.41, 5.74) is 3.22. The van der Waals surface area contributed by atoms with E-state index in [0.29, 0.717) is 25.0 Å². The van der Waals surface area contributed by atoms with Crippen LogP contribution >= 0.6 is 0 Å². The third-order valence-electron chi connectivity index (χ3n) is 7.93. The summed E-state index contributed by atoms with van der Waals surface area (Å²) >= 11 is 0. The topological polar surface area (TPSA) is 44.7 Å². The molecule has 0 unspecified atom stereocenters. The maximum Gasteiger partial charge on any atom is 0.0968 e. The van der Waals surface area contributed by atoms with Crippen molar-refractivity contribution in [2.45, 2.75) is 30.4 Å². The first kappa shape index (κ1) is 13.8. The third kappa shape index (κ3) is 1.18. The Morgan fingerprint density at radius 3 is 3.08 bits per heavy atom. The summed E-state index contributed by atoms with van der Waals surface area (Å²) in [6.07, 6.45) is 4.15. The molecular formula is C20H22N2O2. The number of hydroxylamine groups is 3. The van der Waals surface area contributed by atoms with E-state index in [-0.39, 0.29) is 27.6 Å². The second-order valence-corrected chi connectivity index (χ2v) is 8.60. The zero-order chi connectivity index (χ0) is 16.3. The van der Waals surface area contributed by atoms with Gasteiger partial charge in [0.25, 0.3) is 0 Å². The Morgan fingerprint density at radius 2 is 2.25 bits per heavy atom. The minimum absolute atomic E-state index is 0.106. The molecule has 7 rings (SSSR count). The molecule has 24 heavy (non-hydrogen) atoms. The van der Waals surface area contributed by atoms with Crippen LogP contribution in [-0.2, 0) is 10.2 Å². The quantitative estimate of drug-likeness (QED) is 0.453. The van der Waals surface area contributed by atoms with Crippen LogP contribution in [0, 0.1) is 22.5 Å². The highest BCUT2D eigenvalue weighted by Gasteiger charge is 2.77. The van der Waals surface area contributed by atoms with Gasteiger partial charge in [0, 0.05) is 12.3 Å². The van der Waals surface area contributed by atoms with Gasteiger partial charge in [0.1, 0.15) is 0 Å². The lowest BCUT2D eigenvalue weighted by Gasteiger charge is -2.74. The fourth-order valence-corrected chi connectivity index (χ4v) is 7.17. The van der Waals surface area contributed by atoms with Crippen molar-refractivity contribution >= 4 is 11.4 Å². The first-order chi connectivity index (χ1) is 11.5. The number of ether oxygens (including phenoxy) is 1. The monoisotopic (exact) mass is 322 g/mol. The summed E-state index contributed by atoms with van der Waals surface area (Å²) in [6.45, 7) is 5.60. The number of aliphatic imine (C=N–C) groups is 1. The van der Waals surface area contributed by atoms with E-state index >= 15 is 0 Å². The lowest BCUT2D eigenvalue weighted by Crippen LogP contribution is -2.82. The van der Waals surface area contributed by atoms with Crippen molar-refractivity contribution in [2.75, 3.05) is 20.2 Å². The zero-order valence-electron chi connectivity index (χ0n) is 13.9. The SMILES string of the molecule is C=C[C@@]12C[N@+](C)([O-])[C@H]3C[C@@]14C(=Nc1ccccc14)[C@H]1C[C@H]2[C@@H]3CO1. The molecule has 124 valence electrons. The summed E-state index contributed by atoms with van der Waals surface area (Å²) in [6, 6.07) is 8.61. The smallest absolute Gasteiger partial charge is 0.0968 e.